The summed E-state index contributed by atoms with van der Waals surface area (Å²) in [7, 11) is 0. The molecule has 5 heteroatoms. The van der Waals surface area contributed by atoms with Crippen LogP contribution in [0.1, 0.15) is 50.3 Å². The van der Waals surface area contributed by atoms with Crippen molar-refractivity contribution in [1.82, 2.24) is 15.2 Å². The average molecular weight is 452 g/mol. The second-order valence-electron chi connectivity index (χ2n) is 8.82. The number of piperidine rings is 1. The molecule has 2 aliphatic rings. The Labute approximate surface area is 203 Å². The molecule has 34 heavy (non-hydrogen) atoms. The van der Waals surface area contributed by atoms with Crippen LogP contribution in [-0.4, -0.2) is 23.0 Å². The zero-order valence-electron chi connectivity index (χ0n) is 20.0. The van der Waals surface area contributed by atoms with Crippen LogP contribution >= 0.6 is 0 Å². The van der Waals surface area contributed by atoms with Gasteiger partial charge in [0, 0.05) is 18.7 Å². The Bertz CT molecular complexity index is 1180. The van der Waals surface area contributed by atoms with Crippen LogP contribution in [0.25, 0.3) is 17.0 Å². The molecule has 174 valence electrons. The number of likely N-dealkylation sites (tertiary alicyclic amines) is 1. The van der Waals surface area contributed by atoms with Crippen molar-refractivity contribution in [3.05, 3.63) is 89.4 Å². The molecule has 0 unspecified atom stereocenters. The Kier molecular flexibility index (Phi) is 7.49. The lowest BCUT2D eigenvalue weighted by molar-refractivity contribution is 0.290. The van der Waals surface area contributed by atoms with E-state index in [9.17, 15) is 0 Å². The summed E-state index contributed by atoms with van der Waals surface area (Å²) >= 11 is 0. The smallest absolute Gasteiger partial charge is 0.110 e. The second kappa shape index (κ2) is 10.9. The van der Waals surface area contributed by atoms with Crippen LogP contribution in [-0.2, 0) is 6.42 Å². The fourth-order valence-corrected chi connectivity index (χ4v) is 4.40. The molecule has 2 heterocycles. The Morgan fingerprint density at radius 2 is 2.00 bits per heavy atom. The Hall–Kier alpha value is -3.78. The molecule has 2 aromatic rings. The van der Waals surface area contributed by atoms with Crippen molar-refractivity contribution in [2.75, 3.05) is 18.8 Å². The molecular weight excluding hydrogens is 418 g/mol. The lowest BCUT2D eigenvalue weighted by atomic mass is 10.0. The van der Waals surface area contributed by atoms with Crippen molar-refractivity contribution in [3.8, 4) is 17.3 Å². The minimum atomic E-state index is 0.379. The topological polar surface area (TPSA) is 78.0 Å². The van der Waals surface area contributed by atoms with Gasteiger partial charge < -0.3 is 16.0 Å². The van der Waals surface area contributed by atoms with Gasteiger partial charge in [-0.2, -0.15) is 5.26 Å². The number of pyridine rings is 1. The maximum Gasteiger partial charge on any atom is 0.110 e. The van der Waals surface area contributed by atoms with E-state index in [0.717, 1.165) is 65.5 Å². The summed E-state index contributed by atoms with van der Waals surface area (Å²) in [5.74, 6) is 0. The normalized spacial score (nSPS) is 16.1. The fourth-order valence-electron chi connectivity index (χ4n) is 4.40. The number of nitriles is 1. The van der Waals surface area contributed by atoms with E-state index in [1.807, 2.05) is 49.4 Å². The molecule has 0 bridgehead atoms. The predicted molar refractivity (Wildman–Crippen MR) is 140 cm³/mol. The third-order valence-corrected chi connectivity index (χ3v) is 6.28. The highest BCUT2D eigenvalue weighted by Crippen LogP contribution is 2.38. The number of nitrogen functional groups attached to an aromatic ring is 1. The first-order chi connectivity index (χ1) is 16.6. The maximum absolute atomic E-state index is 9.07. The number of anilines is 1. The first kappa shape index (κ1) is 23.4. The van der Waals surface area contributed by atoms with Gasteiger partial charge in [0.2, 0.25) is 0 Å². The summed E-state index contributed by atoms with van der Waals surface area (Å²) in [6, 6.07) is 14.1. The number of rotatable bonds is 8. The van der Waals surface area contributed by atoms with E-state index in [-0.39, 0.29) is 0 Å². The summed E-state index contributed by atoms with van der Waals surface area (Å²) in [6.45, 7) is 8.28. The van der Waals surface area contributed by atoms with E-state index in [4.69, 9.17) is 16.0 Å². The number of allylic oxidation sites excluding steroid dienone is 4. The number of hydrogen-bond donors (Lipinski definition) is 2. The number of nitrogens with one attached hydrogen (secondary N) is 1. The van der Waals surface area contributed by atoms with Crippen LogP contribution in [0.3, 0.4) is 0 Å². The van der Waals surface area contributed by atoms with Gasteiger partial charge in [-0.15, -0.1) is 0 Å². The summed E-state index contributed by atoms with van der Waals surface area (Å²) in [5.41, 5.74) is 15.1. The molecule has 5 nitrogen and oxygen atoms in total. The van der Waals surface area contributed by atoms with Crippen molar-refractivity contribution in [2.45, 2.75) is 45.4 Å². The Balaban J connectivity index is 1.73. The molecule has 0 radical (unpaired) electrons. The van der Waals surface area contributed by atoms with Gasteiger partial charge in [0.15, 0.2) is 0 Å². The number of benzene rings is 1. The van der Waals surface area contributed by atoms with E-state index in [1.165, 1.54) is 24.8 Å². The predicted octanol–water partition coefficient (Wildman–Crippen LogP) is 5.95. The minimum Gasteiger partial charge on any atom is -0.397 e. The highest BCUT2D eigenvalue weighted by atomic mass is 15.2. The van der Waals surface area contributed by atoms with Gasteiger partial charge in [-0.05, 0) is 80.5 Å². The maximum atomic E-state index is 9.07. The van der Waals surface area contributed by atoms with E-state index in [0.29, 0.717) is 12.1 Å². The van der Waals surface area contributed by atoms with Crippen molar-refractivity contribution in [2.24, 2.45) is 0 Å². The van der Waals surface area contributed by atoms with Crippen LogP contribution in [0.4, 0.5) is 5.69 Å². The lowest BCUT2D eigenvalue weighted by Crippen LogP contribution is -2.31. The van der Waals surface area contributed by atoms with E-state index in [1.54, 1.807) is 0 Å². The Morgan fingerprint density at radius 3 is 2.68 bits per heavy atom. The molecular formula is C29H33N5. The standard InChI is InChI=1S/C29H33N5/c1-3-9-27(34-18-6-5-7-19-34)25(4-2)32-28(22-12-13-22)29-24(31)14-15-26(33-29)23-11-8-10-21(20-23)16-17-30/h3-4,8-11,14-15,20,32H,2,5-7,12-13,16,18-19,31H2,1H3/b9-3-,27-25-. The highest BCUT2D eigenvalue weighted by Gasteiger charge is 2.24. The van der Waals surface area contributed by atoms with Crippen LogP contribution in [0, 0.1) is 11.3 Å². The molecule has 1 saturated carbocycles. The molecule has 2 fully saturated rings. The van der Waals surface area contributed by atoms with Crippen molar-refractivity contribution in [3.63, 3.8) is 0 Å². The van der Waals surface area contributed by atoms with E-state index in [2.05, 4.69) is 35.0 Å². The molecule has 1 aliphatic carbocycles. The number of nitrogens with zero attached hydrogens (tertiary/aromatic N) is 3. The third-order valence-electron chi connectivity index (χ3n) is 6.28. The highest BCUT2D eigenvalue weighted by molar-refractivity contribution is 5.78. The molecule has 3 N–H and O–H groups in total. The van der Waals surface area contributed by atoms with Gasteiger partial charge in [0.25, 0.3) is 0 Å². The molecule has 0 amide bonds. The van der Waals surface area contributed by atoms with Gasteiger partial charge in [-0.3, -0.25) is 0 Å². The zero-order valence-corrected chi connectivity index (χ0v) is 20.0. The summed E-state index contributed by atoms with van der Waals surface area (Å²) < 4.78 is 0. The average Bonchev–Trinajstić information content (AvgIpc) is 3.71. The summed E-state index contributed by atoms with van der Waals surface area (Å²) in [6.07, 6.45) is 12.3. The van der Waals surface area contributed by atoms with Gasteiger partial charge in [0.1, 0.15) is 5.69 Å². The van der Waals surface area contributed by atoms with Crippen LogP contribution in [0.15, 0.2) is 78.2 Å². The van der Waals surface area contributed by atoms with Gasteiger partial charge in [0.05, 0.1) is 41.0 Å². The SMILES string of the molecule is C=C/C(NC(=C1CC1)c1nc(-c2cccc(CC#N)c2)ccc1N)=C(\C=C/C)N1CCCCC1. The number of aromatic nitrogens is 1. The zero-order chi connectivity index (χ0) is 23.9. The van der Waals surface area contributed by atoms with Gasteiger partial charge in [-0.25, -0.2) is 4.98 Å². The third kappa shape index (κ3) is 5.40. The first-order valence-electron chi connectivity index (χ1n) is 12.1. The lowest BCUT2D eigenvalue weighted by Gasteiger charge is -2.31. The van der Waals surface area contributed by atoms with Gasteiger partial charge in [-0.1, -0.05) is 30.9 Å². The summed E-state index contributed by atoms with van der Waals surface area (Å²) in [4.78, 5) is 7.43. The largest absolute Gasteiger partial charge is 0.397 e. The molecule has 0 spiro atoms. The van der Waals surface area contributed by atoms with Gasteiger partial charge >= 0.3 is 0 Å². The number of nitrogens with two attached hydrogens (primary N) is 1. The molecule has 0 atom stereocenters. The summed E-state index contributed by atoms with van der Waals surface area (Å²) in [5, 5.41) is 12.7. The van der Waals surface area contributed by atoms with Crippen LogP contribution in [0.2, 0.25) is 0 Å². The molecule has 1 aromatic heterocycles. The Morgan fingerprint density at radius 1 is 1.21 bits per heavy atom. The molecule has 1 saturated heterocycles. The minimum absolute atomic E-state index is 0.379. The molecule has 1 aliphatic heterocycles. The number of hydrogen-bond acceptors (Lipinski definition) is 5. The van der Waals surface area contributed by atoms with E-state index >= 15 is 0 Å². The molecule has 1 aromatic carbocycles. The van der Waals surface area contributed by atoms with Crippen molar-refractivity contribution >= 4 is 11.4 Å². The fraction of sp³-hybridized carbons (Fsp3) is 0.310. The van der Waals surface area contributed by atoms with Crippen LogP contribution in [0.5, 0.6) is 0 Å². The first-order valence-corrected chi connectivity index (χ1v) is 12.1. The van der Waals surface area contributed by atoms with Crippen LogP contribution < -0.4 is 11.1 Å². The monoisotopic (exact) mass is 451 g/mol. The van der Waals surface area contributed by atoms with E-state index < -0.39 is 0 Å². The quantitative estimate of drug-likeness (QED) is 0.485. The van der Waals surface area contributed by atoms with Crippen molar-refractivity contribution in [1.29, 1.82) is 5.26 Å². The molecule has 4 rings (SSSR count). The second-order valence-corrected chi connectivity index (χ2v) is 8.82. The van der Waals surface area contributed by atoms with Crippen molar-refractivity contribution < 1.29 is 0 Å².